The Balaban J connectivity index is 2.19. The molecular formula is C17H20N2O3. The summed E-state index contributed by atoms with van der Waals surface area (Å²) in [6, 6.07) is 10.7. The summed E-state index contributed by atoms with van der Waals surface area (Å²) >= 11 is 0. The molecule has 5 nitrogen and oxygen atoms in total. The molecule has 0 fully saturated rings. The number of nitrogens with one attached hydrogen (secondary N) is 2. The smallest absolute Gasteiger partial charge is 0.291 e. The third-order valence-corrected chi connectivity index (χ3v) is 3.11. The summed E-state index contributed by atoms with van der Waals surface area (Å²) in [6.07, 6.45) is 0. The third kappa shape index (κ3) is 3.75. The van der Waals surface area contributed by atoms with Crippen LogP contribution < -0.4 is 10.6 Å². The Hall–Kier alpha value is -2.56. The fraction of sp³-hybridized carbons (Fsp3) is 0.294. The van der Waals surface area contributed by atoms with Crippen molar-refractivity contribution in [3.8, 4) is 0 Å². The summed E-state index contributed by atoms with van der Waals surface area (Å²) in [7, 11) is 0. The fourth-order valence-corrected chi connectivity index (χ4v) is 2.13. The number of benzene rings is 1. The van der Waals surface area contributed by atoms with Gasteiger partial charge in [0.25, 0.3) is 5.91 Å². The third-order valence-electron chi connectivity index (χ3n) is 3.11. The molecule has 2 aromatic rings. The zero-order chi connectivity index (χ0) is 16.3. The van der Waals surface area contributed by atoms with Gasteiger partial charge in [-0.05, 0) is 23.1 Å². The first-order valence-corrected chi connectivity index (χ1v) is 7.05. The van der Waals surface area contributed by atoms with Crippen LogP contribution in [0.15, 0.2) is 40.8 Å². The van der Waals surface area contributed by atoms with Gasteiger partial charge in [-0.2, -0.15) is 0 Å². The number of furan rings is 1. The lowest BCUT2D eigenvalue weighted by atomic mass is 9.86. The molecule has 5 heteroatoms. The minimum Gasteiger partial charge on any atom is -0.435 e. The molecule has 0 bridgehead atoms. The van der Waals surface area contributed by atoms with Gasteiger partial charge < -0.3 is 9.73 Å². The van der Waals surface area contributed by atoms with Crippen molar-refractivity contribution in [1.29, 1.82) is 0 Å². The van der Waals surface area contributed by atoms with Crippen LogP contribution in [0.25, 0.3) is 0 Å². The van der Waals surface area contributed by atoms with Gasteiger partial charge in [0.1, 0.15) is 0 Å². The monoisotopic (exact) mass is 300 g/mol. The predicted molar refractivity (Wildman–Crippen MR) is 86.1 cm³/mol. The minimum absolute atomic E-state index is 0.0889. The Labute approximate surface area is 129 Å². The Bertz CT molecular complexity index is 696. The average molecular weight is 300 g/mol. The van der Waals surface area contributed by atoms with Crippen LogP contribution in [0.3, 0.4) is 0 Å². The van der Waals surface area contributed by atoms with E-state index in [0.717, 1.165) is 11.3 Å². The molecule has 0 aliphatic rings. The van der Waals surface area contributed by atoms with Crippen LogP contribution in [0.4, 0.5) is 11.6 Å². The Morgan fingerprint density at radius 3 is 2.32 bits per heavy atom. The van der Waals surface area contributed by atoms with E-state index in [-0.39, 0.29) is 28.9 Å². The Kier molecular flexibility index (Phi) is 4.35. The van der Waals surface area contributed by atoms with Crippen LogP contribution >= 0.6 is 0 Å². The maximum atomic E-state index is 12.3. The highest BCUT2D eigenvalue weighted by molar-refractivity contribution is 6.03. The number of carbonyl (C=O) groups is 2. The lowest BCUT2D eigenvalue weighted by molar-refractivity contribution is -0.114. The normalized spacial score (nSPS) is 11.1. The van der Waals surface area contributed by atoms with E-state index in [4.69, 9.17) is 4.42 Å². The van der Waals surface area contributed by atoms with E-state index in [0.29, 0.717) is 0 Å². The molecule has 2 N–H and O–H groups in total. The van der Waals surface area contributed by atoms with E-state index in [1.165, 1.54) is 13.0 Å². The minimum atomic E-state index is -0.353. The fourth-order valence-electron chi connectivity index (χ4n) is 2.13. The second kappa shape index (κ2) is 6.05. The highest BCUT2D eigenvalue weighted by atomic mass is 16.4. The van der Waals surface area contributed by atoms with Gasteiger partial charge >= 0.3 is 0 Å². The van der Waals surface area contributed by atoms with Crippen LogP contribution in [0.1, 0.15) is 43.8 Å². The Morgan fingerprint density at radius 1 is 1.00 bits per heavy atom. The van der Waals surface area contributed by atoms with Crippen molar-refractivity contribution in [2.45, 2.75) is 33.1 Å². The molecule has 0 saturated heterocycles. The summed E-state index contributed by atoms with van der Waals surface area (Å²) in [5.41, 5.74) is 1.70. The van der Waals surface area contributed by atoms with Crippen molar-refractivity contribution < 1.29 is 14.0 Å². The Morgan fingerprint density at radius 2 is 1.68 bits per heavy atom. The maximum absolute atomic E-state index is 12.3. The van der Waals surface area contributed by atoms with Gasteiger partial charge in [-0.1, -0.05) is 39.0 Å². The van der Waals surface area contributed by atoms with Crippen molar-refractivity contribution in [1.82, 2.24) is 0 Å². The molecular weight excluding hydrogens is 280 g/mol. The summed E-state index contributed by atoms with van der Waals surface area (Å²) in [4.78, 5) is 23.2. The van der Waals surface area contributed by atoms with E-state index >= 15 is 0 Å². The first-order valence-electron chi connectivity index (χ1n) is 7.05. The van der Waals surface area contributed by atoms with Gasteiger partial charge in [0.05, 0.1) is 0 Å². The molecule has 0 aliphatic carbocycles. The van der Waals surface area contributed by atoms with Gasteiger partial charge in [0.15, 0.2) is 11.6 Å². The first kappa shape index (κ1) is 15.8. The number of carbonyl (C=O) groups excluding carboxylic acids is 2. The van der Waals surface area contributed by atoms with Crippen LogP contribution in [0.5, 0.6) is 0 Å². The average Bonchev–Trinajstić information content (AvgIpc) is 2.86. The number of hydrogen-bond acceptors (Lipinski definition) is 3. The van der Waals surface area contributed by atoms with Gasteiger partial charge in [-0.15, -0.1) is 0 Å². The molecule has 22 heavy (non-hydrogen) atoms. The van der Waals surface area contributed by atoms with Crippen LogP contribution in [-0.4, -0.2) is 11.8 Å². The highest BCUT2D eigenvalue weighted by Gasteiger charge is 2.20. The van der Waals surface area contributed by atoms with Gasteiger partial charge in [0, 0.05) is 18.7 Å². The number of hydrogen-bond donors (Lipinski definition) is 2. The molecule has 0 radical (unpaired) electrons. The van der Waals surface area contributed by atoms with Gasteiger partial charge in [0.2, 0.25) is 5.91 Å². The quantitative estimate of drug-likeness (QED) is 0.906. The summed E-state index contributed by atoms with van der Waals surface area (Å²) in [6.45, 7) is 7.63. The predicted octanol–water partition coefficient (Wildman–Crippen LogP) is 3.79. The maximum Gasteiger partial charge on any atom is 0.291 e. The number of anilines is 2. The van der Waals surface area contributed by atoms with E-state index in [2.05, 4.69) is 31.4 Å². The molecule has 0 saturated carbocycles. The molecule has 1 heterocycles. The lowest BCUT2D eigenvalue weighted by Crippen LogP contribution is -2.18. The molecule has 1 aromatic carbocycles. The van der Waals surface area contributed by atoms with Gasteiger partial charge in [-0.3, -0.25) is 14.9 Å². The van der Waals surface area contributed by atoms with Crippen molar-refractivity contribution in [2.24, 2.45) is 0 Å². The number of amides is 2. The van der Waals surface area contributed by atoms with E-state index in [9.17, 15) is 9.59 Å². The molecule has 2 rings (SSSR count). The molecule has 0 unspecified atom stereocenters. The second-order valence-electron chi connectivity index (χ2n) is 6.09. The number of rotatable bonds is 3. The first-order chi connectivity index (χ1) is 10.3. The van der Waals surface area contributed by atoms with Gasteiger partial charge in [-0.25, -0.2) is 0 Å². The molecule has 116 valence electrons. The van der Waals surface area contributed by atoms with E-state index in [1.54, 1.807) is 6.07 Å². The summed E-state index contributed by atoms with van der Waals surface area (Å²) < 4.78 is 5.31. The molecule has 0 spiro atoms. The van der Waals surface area contributed by atoms with E-state index < -0.39 is 0 Å². The lowest BCUT2D eigenvalue weighted by Gasteiger charge is -2.22. The molecule has 1 aromatic heterocycles. The SMILES string of the molecule is CC(=O)Nc1ccc(C(=O)Nc2ccccc2C(C)(C)C)o1. The molecule has 0 atom stereocenters. The van der Waals surface area contributed by atoms with Crippen molar-refractivity contribution in [3.05, 3.63) is 47.7 Å². The van der Waals surface area contributed by atoms with Crippen LogP contribution in [0, 0.1) is 0 Å². The van der Waals surface area contributed by atoms with Crippen LogP contribution in [-0.2, 0) is 10.2 Å². The van der Waals surface area contributed by atoms with E-state index in [1.807, 2.05) is 24.3 Å². The van der Waals surface area contributed by atoms with Crippen molar-refractivity contribution in [2.75, 3.05) is 10.6 Å². The zero-order valence-corrected chi connectivity index (χ0v) is 13.2. The zero-order valence-electron chi connectivity index (χ0n) is 13.2. The topological polar surface area (TPSA) is 71.3 Å². The standard InChI is InChI=1S/C17H20N2O3/c1-11(20)18-15-10-9-14(22-15)16(21)19-13-8-6-5-7-12(13)17(2,3)4/h5-10H,1-4H3,(H,18,20)(H,19,21). The highest BCUT2D eigenvalue weighted by Crippen LogP contribution is 2.29. The largest absolute Gasteiger partial charge is 0.435 e. The summed E-state index contributed by atoms with van der Waals surface area (Å²) in [5.74, 6) is -0.207. The second-order valence-corrected chi connectivity index (χ2v) is 6.09. The number of para-hydroxylation sites is 1. The van der Waals surface area contributed by atoms with Crippen molar-refractivity contribution >= 4 is 23.4 Å². The molecule has 2 amide bonds. The molecule has 0 aliphatic heterocycles. The summed E-state index contributed by atoms with van der Waals surface area (Å²) in [5, 5.41) is 5.35. The van der Waals surface area contributed by atoms with Crippen molar-refractivity contribution in [3.63, 3.8) is 0 Å². The van der Waals surface area contributed by atoms with Crippen LogP contribution in [0.2, 0.25) is 0 Å².